The van der Waals surface area contributed by atoms with Crippen molar-refractivity contribution >= 4 is 23.3 Å². The van der Waals surface area contributed by atoms with Gasteiger partial charge in [-0.15, -0.1) is 0 Å². The molecule has 1 atom stereocenters. The lowest BCUT2D eigenvalue weighted by molar-refractivity contribution is -0.130. The van der Waals surface area contributed by atoms with E-state index in [1.807, 2.05) is 30.3 Å². The highest BCUT2D eigenvalue weighted by molar-refractivity contribution is 6.12. The first-order valence-electron chi connectivity index (χ1n) is 8.08. The summed E-state index contributed by atoms with van der Waals surface area (Å²) in [5, 5.41) is 3.01. The van der Waals surface area contributed by atoms with Crippen LogP contribution in [0.15, 0.2) is 53.7 Å². The van der Waals surface area contributed by atoms with Crippen LogP contribution in [-0.4, -0.2) is 28.1 Å². The largest absolute Gasteiger partial charge is 0.324 e. The molecule has 1 aromatic carbocycles. The molecule has 0 bridgehead atoms. The molecular weight excluding hydrogens is 302 g/mol. The second kappa shape index (κ2) is 6.07. The number of fused-ring (bicyclic) bond motifs is 1. The number of rotatable bonds is 3. The number of para-hydroxylation sites is 1. The highest BCUT2D eigenvalue weighted by atomic mass is 16.2. The van der Waals surface area contributed by atoms with Crippen molar-refractivity contribution < 1.29 is 9.59 Å². The lowest BCUT2D eigenvalue weighted by Gasteiger charge is -2.41. The Bertz CT molecular complexity index is 777. The summed E-state index contributed by atoms with van der Waals surface area (Å²) in [5.74, 6) is 0.299. The lowest BCUT2D eigenvalue weighted by atomic mass is 9.90. The van der Waals surface area contributed by atoms with Crippen LogP contribution in [0.1, 0.15) is 38.7 Å². The van der Waals surface area contributed by atoms with Gasteiger partial charge in [-0.2, -0.15) is 4.99 Å². The molecule has 0 saturated carbocycles. The zero-order valence-corrected chi connectivity index (χ0v) is 14.1. The van der Waals surface area contributed by atoms with Crippen LogP contribution in [0, 0.1) is 0 Å². The first kappa shape index (κ1) is 16.2. The maximum Gasteiger partial charge on any atom is 0.250 e. The van der Waals surface area contributed by atoms with Crippen LogP contribution in [0.3, 0.4) is 0 Å². The van der Waals surface area contributed by atoms with E-state index >= 15 is 0 Å². The van der Waals surface area contributed by atoms with Crippen LogP contribution >= 0.6 is 0 Å². The molecule has 24 heavy (non-hydrogen) atoms. The number of carbonyl (C=O) groups is 2. The van der Waals surface area contributed by atoms with Crippen LogP contribution in [0.2, 0.25) is 0 Å². The van der Waals surface area contributed by atoms with Crippen molar-refractivity contribution in [3.63, 3.8) is 0 Å². The highest BCUT2D eigenvalue weighted by Crippen LogP contribution is 2.31. The quantitative estimate of drug-likeness (QED) is 0.929. The smallest absolute Gasteiger partial charge is 0.250 e. The number of amidine groups is 1. The average molecular weight is 323 g/mol. The fraction of sp³-hybridized carbons (Fsp3) is 0.316. The third kappa shape index (κ3) is 2.77. The number of nitrogens with one attached hydrogen (secondary N) is 1. The zero-order valence-electron chi connectivity index (χ0n) is 14.1. The van der Waals surface area contributed by atoms with Crippen LogP contribution in [0.5, 0.6) is 0 Å². The Morgan fingerprint density at radius 3 is 2.79 bits per heavy atom. The van der Waals surface area contributed by atoms with Gasteiger partial charge in [-0.05, 0) is 36.6 Å². The minimum atomic E-state index is -1.00. The molecule has 5 heteroatoms. The van der Waals surface area contributed by atoms with Gasteiger partial charge in [0.05, 0.1) is 6.42 Å². The number of anilines is 1. The molecule has 1 aromatic rings. The van der Waals surface area contributed by atoms with Gasteiger partial charge in [0.1, 0.15) is 11.4 Å². The number of benzene rings is 1. The van der Waals surface area contributed by atoms with E-state index < -0.39 is 5.54 Å². The van der Waals surface area contributed by atoms with Crippen molar-refractivity contribution in [1.29, 1.82) is 0 Å². The topological polar surface area (TPSA) is 61.8 Å². The van der Waals surface area contributed by atoms with E-state index in [4.69, 9.17) is 0 Å². The monoisotopic (exact) mass is 323 g/mol. The Balaban J connectivity index is 1.92. The summed E-state index contributed by atoms with van der Waals surface area (Å²) >= 11 is 0. The molecular formula is C19H21N3O2. The van der Waals surface area contributed by atoms with Crippen molar-refractivity contribution in [2.24, 2.45) is 4.99 Å². The molecule has 2 amide bonds. The van der Waals surface area contributed by atoms with E-state index in [1.165, 1.54) is 0 Å². The highest BCUT2D eigenvalue weighted by Gasteiger charge is 2.45. The van der Waals surface area contributed by atoms with Crippen LogP contribution < -0.4 is 5.32 Å². The second-order valence-electron chi connectivity index (χ2n) is 6.58. The third-order valence-corrected chi connectivity index (χ3v) is 4.42. The van der Waals surface area contributed by atoms with Crippen LogP contribution in [0.25, 0.3) is 0 Å². The van der Waals surface area contributed by atoms with E-state index in [-0.39, 0.29) is 24.2 Å². The van der Waals surface area contributed by atoms with Gasteiger partial charge in [0.15, 0.2) is 0 Å². The number of carbonyl (C=O) groups excluding carboxylic acids is 2. The van der Waals surface area contributed by atoms with Crippen LogP contribution in [0.4, 0.5) is 5.69 Å². The Labute approximate surface area is 141 Å². The molecule has 5 nitrogen and oxygen atoms in total. The number of hydrogen-bond acceptors (Lipinski definition) is 3. The molecule has 0 saturated heterocycles. The average Bonchev–Trinajstić information content (AvgIpc) is 2.55. The van der Waals surface area contributed by atoms with Gasteiger partial charge in [-0.25, -0.2) is 0 Å². The zero-order chi connectivity index (χ0) is 17.3. The van der Waals surface area contributed by atoms with Crippen molar-refractivity contribution in [1.82, 2.24) is 4.90 Å². The Kier molecular flexibility index (Phi) is 4.09. The fourth-order valence-electron chi connectivity index (χ4n) is 3.05. The van der Waals surface area contributed by atoms with E-state index in [0.717, 1.165) is 11.3 Å². The molecule has 0 radical (unpaired) electrons. The number of nitrogens with zero attached hydrogens (tertiary/aromatic N) is 2. The van der Waals surface area contributed by atoms with Gasteiger partial charge in [0.25, 0.3) is 11.8 Å². The van der Waals surface area contributed by atoms with Gasteiger partial charge < -0.3 is 10.2 Å². The van der Waals surface area contributed by atoms with E-state index in [0.29, 0.717) is 5.84 Å². The summed E-state index contributed by atoms with van der Waals surface area (Å²) in [5.41, 5.74) is 0.853. The van der Waals surface area contributed by atoms with E-state index in [9.17, 15) is 9.59 Å². The minimum absolute atomic E-state index is 0.0460. The minimum Gasteiger partial charge on any atom is -0.324 e. The van der Waals surface area contributed by atoms with Crippen molar-refractivity contribution in [2.45, 2.75) is 38.6 Å². The summed E-state index contributed by atoms with van der Waals surface area (Å²) in [6.07, 6.45) is 7.22. The number of allylic oxidation sites excluding steroid dienone is 2. The van der Waals surface area contributed by atoms with E-state index in [1.54, 1.807) is 30.2 Å². The first-order chi connectivity index (χ1) is 11.4. The summed E-state index contributed by atoms with van der Waals surface area (Å²) in [6, 6.07) is 7.75. The third-order valence-electron chi connectivity index (χ3n) is 4.42. The summed E-state index contributed by atoms with van der Waals surface area (Å²) in [4.78, 5) is 30.8. The second-order valence-corrected chi connectivity index (χ2v) is 6.58. The molecule has 0 aromatic heterocycles. The normalized spacial score (nSPS) is 22.4. The SMILES string of the molecule is CC(C)c1ccccc1NC(=O)C1(C)CC(=O)N=C2C=CC=CN21. The maximum absolute atomic E-state index is 13.0. The number of aliphatic imine (C=N–C) groups is 1. The molecule has 0 fully saturated rings. The summed E-state index contributed by atoms with van der Waals surface area (Å²) in [6.45, 7) is 5.94. The fourth-order valence-corrected chi connectivity index (χ4v) is 3.05. The predicted octanol–water partition coefficient (Wildman–Crippen LogP) is 3.22. The molecule has 0 aliphatic carbocycles. The number of hydrogen-bond donors (Lipinski definition) is 1. The Morgan fingerprint density at radius 2 is 2.04 bits per heavy atom. The maximum atomic E-state index is 13.0. The molecule has 3 rings (SSSR count). The van der Waals surface area contributed by atoms with Gasteiger partial charge in [-0.3, -0.25) is 9.59 Å². The first-order valence-corrected chi connectivity index (χ1v) is 8.08. The molecule has 2 aliphatic heterocycles. The van der Waals surface area contributed by atoms with Gasteiger partial charge >= 0.3 is 0 Å². The standard InChI is InChI=1S/C19H21N3O2/c1-13(2)14-8-4-5-9-15(14)20-18(24)19(3)12-17(23)21-16-10-6-7-11-22(16)19/h4-11,13H,12H2,1-3H3,(H,20,24). The molecule has 1 N–H and O–H groups in total. The van der Waals surface area contributed by atoms with Gasteiger partial charge in [0, 0.05) is 11.9 Å². The molecule has 1 unspecified atom stereocenters. The Hall–Kier alpha value is -2.69. The summed E-state index contributed by atoms with van der Waals surface area (Å²) < 4.78 is 0. The van der Waals surface area contributed by atoms with Crippen molar-refractivity contribution in [3.05, 3.63) is 54.3 Å². The predicted molar refractivity (Wildman–Crippen MR) is 94.7 cm³/mol. The van der Waals surface area contributed by atoms with Crippen molar-refractivity contribution in [3.8, 4) is 0 Å². The van der Waals surface area contributed by atoms with E-state index in [2.05, 4.69) is 24.2 Å². The van der Waals surface area contributed by atoms with Crippen LogP contribution in [-0.2, 0) is 9.59 Å². The van der Waals surface area contributed by atoms with Crippen molar-refractivity contribution in [2.75, 3.05) is 5.32 Å². The number of amides is 2. The molecule has 2 heterocycles. The molecule has 2 aliphatic rings. The van der Waals surface area contributed by atoms with Gasteiger partial charge in [-0.1, -0.05) is 38.1 Å². The molecule has 124 valence electrons. The Morgan fingerprint density at radius 1 is 1.29 bits per heavy atom. The summed E-state index contributed by atoms with van der Waals surface area (Å²) in [7, 11) is 0. The van der Waals surface area contributed by atoms with Gasteiger partial charge in [0.2, 0.25) is 0 Å². The lowest BCUT2D eigenvalue weighted by Crippen LogP contribution is -2.58. The molecule has 0 spiro atoms.